The number of aromatic nitrogens is 1. The summed E-state index contributed by atoms with van der Waals surface area (Å²) in [7, 11) is 0. The highest BCUT2D eigenvalue weighted by molar-refractivity contribution is 7.18. The quantitative estimate of drug-likeness (QED) is 0.520. The number of hydrogen-bond donors (Lipinski definition) is 2. The number of benzene rings is 1. The first-order valence-electron chi connectivity index (χ1n) is 10.9. The second-order valence-electron chi connectivity index (χ2n) is 8.30. The van der Waals surface area contributed by atoms with Gasteiger partial charge in [0.15, 0.2) is 5.69 Å². The number of hydrogen-bond acceptors (Lipinski definition) is 6. The molecule has 34 heavy (non-hydrogen) atoms. The van der Waals surface area contributed by atoms with Gasteiger partial charge < -0.3 is 15.5 Å². The van der Waals surface area contributed by atoms with Crippen LogP contribution in [0, 0.1) is 0 Å². The fraction of sp³-hybridized carbons (Fsp3) is 0.348. The van der Waals surface area contributed by atoms with Gasteiger partial charge in [0.25, 0.3) is 5.91 Å². The van der Waals surface area contributed by atoms with Crippen molar-refractivity contribution in [2.75, 3.05) is 25.0 Å². The molecular formula is C23H21F3N4O2S2. The molecule has 2 saturated heterocycles. The topological polar surface area (TPSA) is 74.3 Å². The molecule has 2 aromatic heterocycles. The van der Waals surface area contributed by atoms with Gasteiger partial charge in [0.05, 0.1) is 20.8 Å². The largest absolute Gasteiger partial charge is 0.434 e. The molecule has 2 amide bonds. The highest BCUT2D eigenvalue weighted by Gasteiger charge is 2.41. The van der Waals surface area contributed by atoms with E-state index in [9.17, 15) is 22.8 Å². The van der Waals surface area contributed by atoms with E-state index in [2.05, 4.69) is 15.6 Å². The third-order valence-electron chi connectivity index (χ3n) is 5.91. The van der Waals surface area contributed by atoms with Gasteiger partial charge in [-0.3, -0.25) is 9.59 Å². The molecule has 6 nitrogen and oxygen atoms in total. The lowest BCUT2D eigenvalue weighted by molar-refractivity contribution is -0.140. The summed E-state index contributed by atoms with van der Waals surface area (Å²) in [5, 5.41) is 6.96. The Morgan fingerprint density at radius 3 is 2.53 bits per heavy atom. The molecule has 0 aliphatic carbocycles. The van der Waals surface area contributed by atoms with Crippen LogP contribution in [0.1, 0.15) is 39.1 Å². The molecule has 2 N–H and O–H groups in total. The van der Waals surface area contributed by atoms with Gasteiger partial charge in [-0.2, -0.15) is 13.2 Å². The van der Waals surface area contributed by atoms with E-state index in [1.54, 1.807) is 47.4 Å². The molecule has 11 heteroatoms. The predicted molar refractivity (Wildman–Crippen MR) is 125 cm³/mol. The third-order valence-corrected chi connectivity index (χ3v) is 8.16. The Labute approximate surface area is 201 Å². The van der Waals surface area contributed by atoms with E-state index < -0.39 is 11.9 Å². The summed E-state index contributed by atoms with van der Waals surface area (Å²) in [5.74, 6) is -0.544. The van der Waals surface area contributed by atoms with Gasteiger partial charge in [-0.1, -0.05) is 30.3 Å². The molecule has 1 aromatic carbocycles. The van der Waals surface area contributed by atoms with Crippen molar-refractivity contribution in [3.63, 3.8) is 0 Å². The van der Waals surface area contributed by atoms with Crippen LogP contribution >= 0.6 is 22.7 Å². The van der Waals surface area contributed by atoms with Crippen LogP contribution in [0.25, 0.3) is 10.4 Å². The smallest absolute Gasteiger partial charge is 0.336 e. The monoisotopic (exact) mass is 506 g/mol. The number of anilines is 1. The second kappa shape index (κ2) is 9.12. The van der Waals surface area contributed by atoms with Crippen LogP contribution in [0.15, 0.2) is 42.5 Å². The number of carbonyl (C=O) groups excluding carboxylic acids is 2. The van der Waals surface area contributed by atoms with Crippen molar-refractivity contribution in [3.8, 4) is 10.4 Å². The molecule has 0 unspecified atom stereocenters. The maximum atomic E-state index is 13.6. The molecule has 4 heterocycles. The van der Waals surface area contributed by atoms with E-state index in [0.717, 1.165) is 30.7 Å². The lowest BCUT2D eigenvalue weighted by Gasteiger charge is -2.37. The number of carbonyl (C=O) groups is 2. The van der Waals surface area contributed by atoms with Crippen molar-refractivity contribution in [3.05, 3.63) is 58.0 Å². The van der Waals surface area contributed by atoms with Crippen LogP contribution in [0.4, 0.5) is 18.2 Å². The van der Waals surface area contributed by atoms with Crippen LogP contribution in [-0.4, -0.2) is 47.4 Å². The molecule has 3 aromatic rings. The van der Waals surface area contributed by atoms with Crippen LogP contribution < -0.4 is 10.6 Å². The zero-order chi connectivity index (χ0) is 23.9. The summed E-state index contributed by atoms with van der Waals surface area (Å²) in [5.41, 5.74) is -0.398. The van der Waals surface area contributed by atoms with E-state index in [0.29, 0.717) is 33.5 Å². The highest BCUT2D eigenvalue weighted by Crippen LogP contribution is 2.43. The molecular weight excluding hydrogens is 485 g/mol. The average Bonchev–Trinajstić information content (AvgIpc) is 3.53. The van der Waals surface area contributed by atoms with E-state index >= 15 is 0 Å². The van der Waals surface area contributed by atoms with Gasteiger partial charge in [0, 0.05) is 19.0 Å². The molecule has 1 atom stereocenters. The minimum Gasteiger partial charge on any atom is -0.336 e. The maximum absolute atomic E-state index is 13.6. The summed E-state index contributed by atoms with van der Waals surface area (Å²) in [6.07, 6.45) is -2.80. The molecule has 178 valence electrons. The maximum Gasteiger partial charge on any atom is 0.434 e. The van der Waals surface area contributed by atoms with E-state index in [1.807, 2.05) is 0 Å². The Hall–Kier alpha value is -2.76. The molecule has 2 aliphatic rings. The first-order valence-corrected chi connectivity index (χ1v) is 12.5. The fourth-order valence-corrected chi connectivity index (χ4v) is 6.13. The fourth-order valence-electron chi connectivity index (χ4n) is 4.08. The normalized spacial score (nSPS) is 18.7. The minimum atomic E-state index is -4.55. The Morgan fingerprint density at radius 1 is 1.09 bits per heavy atom. The Balaban J connectivity index is 1.24. The molecule has 0 radical (unpaired) electrons. The van der Waals surface area contributed by atoms with Gasteiger partial charge >= 0.3 is 6.18 Å². The standard InChI is InChI=1S/C23H21F3N4O2S2/c24-23(25,26)19-18(13-5-2-1-3-6-13)34-21(29-19)14-11-30(12-14)22(32)16-8-9-17(33-16)28-20(31)15-7-4-10-27-15/h1-3,5-6,8-9,14-15,27H,4,7,10-12H2,(H,28,31)/t15-/m0/s1. The molecule has 0 bridgehead atoms. The van der Waals surface area contributed by atoms with Gasteiger partial charge in [-0.15, -0.1) is 22.7 Å². The lowest BCUT2D eigenvalue weighted by atomic mass is 10.0. The zero-order valence-electron chi connectivity index (χ0n) is 17.9. The number of halogens is 3. The Morgan fingerprint density at radius 2 is 1.85 bits per heavy atom. The summed E-state index contributed by atoms with van der Waals surface area (Å²) in [6, 6.07) is 11.6. The number of thiophene rings is 1. The SMILES string of the molecule is O=C(Nc1ccc(C(=O)N2CC(c3nc(C(F)(F)F)c(-c4ccccc4)s3)C2)s1)[C@@H]1CCCN1. The second-order valence-corrected chi connectivity index (χ2v) is 10.4. The van der Waals surface area contributed by atoms with Gasteiger partial charge in [-0.25, -0.2) is 4.98 Å². The Bertz CT molecular complexity index is 1200. The van der Waals surface area contributed by atoms with Crippen molar-refractivity contribution in [1.82, 2.24) is 15.2 Å². The van der Waals surface area contributed by atoms with E-state index in [1.165, 1.54) is 11.3 Å². The van der Waals surface area contributed by atoms with Crippen LogP contribution in [0.2, 0.25) is 0 Å². The third kappa shape index (κ3) is 4.59. The predicted octanol–water partition coefficient (Wildman–Crippen LogP) is 4.82. The first kappa shape index (κ1) is 23.0. The Kier molecular flexibility index (Phi) is 6.17. The van der Waals surface area contributed by atoms with Gasteiger partial charge in [-0.05, 0) is 37.1 Å². The molecule has 2 aliphatic heterocycles. The minimum absolute atomic E-state index is 0.100. The van der Waals surface area contributed by atoms with Crippen LogP contribution in [0.5, 0.6) is 0 Å². The van der Waals surface area contributed by atoms with Crippen molar-refractivity contribution < 1.29 is 22.8 Å². The number of likely N-dealkylation sites (tertiary alicyclic amines) is 1. The molecule has 0 saturated carbocycles. The average molecular weight is 507 g/mol. The first-order chi connectivity index (χ1) is 16.3. The van der Waals surface area contributed by atoms with Crippen molar-refractivity contribution >= 4 is 39.5 Å². The summed E-state index contributed by atoms with van der Waals surface area (Å²) < 4.78 is 40.8. The number of alkyl halides is 3. The van der Waals surface area contributed by atoms with E-state index in [-0.39, 0.29) is 28.7 Å². The summed E-state index contributed by atoms with van der Waals surface area (Å²) >= 11 is 2.23. The number of thiazole rings is 1. The van der Waals surface area contributed by atoms with Crippen LogP contribution in [-0.2, 0) is 11.0 Å². The number of nitrogens with zero attached hydrogens (tertiary/aromatic N) is 2. The zero-order valence-corrected chi connectivity index (χ0v) is 19.5. The number of amides is 2. The van der Waals surface area contributed by atoms with E-state index in [4.69, 9.17) is 0 Å². The lowest BCUT2D eigenvalue weighted by Crippen LogP contribution is -2.48. The number of rotatable bonds is 5. The summed E-state index contributed by atoms with van der Waals surface area (Å²) in [4.78, 5) is 31.2. The molecule has 2 fully saturated rings. The highest BCUT2D eigenvalue weighted by atomic mass is 32.1. The van der Waals surface area contributed by atoms with Crippen molar-refractivity contribution in [2.45, 2.75) is 31.0 Å². The van der Waals surface area contributed by atoms with Crippen LogP contribution in [0.3, 0.4) is 0 Å². The van der Waals surface area contributed by atoms with Gasteiger partial charge in [0.1, 0.15) is 5.01 Å². The van der Waals surface area contributed by atoms with Crippen molar-refractivity contribution in [1.29, 1.82) is 0 Å². The summed E-state index contributed by atoms with van der Waals surface area (Å²) in [6.45, 7) is 1.44. The number of nitrogens with one attached hydrogen (secondary N) is 2. The van der Waals surface area contributed by atoms with Gasteiger partial charge in [0.2, 0.25) is 5.91 Å². The molecule has 0 spiro atoms. The molecule has 5 rings (SSSR count). The van der Waals surface area contributed by atoms with Crippen molar-refractivity contribution in [2.24, 2.45) is 0 Å².